The Labute approximate surface area is 86.3 Å². The molecule has 1 amide bonds. The number of ether oxygens (including phenoxy) is 1. The van der Waals surface area contributed by atoms with Gasteiger partial charge in [0.25, 0.3) is 0 Å². The van der Waals surface area contributed by atoms with Crippen molar-refractivity contribution in [1.82, 2.24) is 5.32 Å². The first kappa shape index (κ1) is 12.3. The van der Waals surface area contributed by atoms with Crippen molar-refractivity contribution in [2.24, 2.45) is 0 Å². The van der Waals surface area contributed by atoms with Gasteiger partial charge in [0.2, 0.25) is 5.91 Å². The number of carbonyl (C=O) groups is 1. The van der Waals surface area contributed by atoms with Gasteiger partial charge in [-0.1, -0.05) is 0 Å². The third kappa shape index (κ3) is 2.64. The third-order valence-electron chi connectivity index (χ3n) is 2.27. The van der Waals surface area contributed by atoms with Crippen LogP contribution in [0.5, 0.6) is 0 Å². The van der Waals surface area contributed by atoms with E-state index < -0.39 is 43.2 Å². The SMILES string of the molecule is CC(=O)N[13C@H]1[13CH](O)O[13C@H]([13CH2]O)[13C@@H](O)[13C@@H]1O. The van der Waals surface area contributed by atoms with Crippen LogP contribution in [0.15, 0.2) is 0 Å². The van der Waals surface area contributed by atoms with Gasteiger partial charge < -0.3 is 30.5 Å². The predicted molar refractivity (Wildman–Crippen MR) is 47.6 cm³/mol. The van der Waals surface area contributed by atoms with Gasteiger partial charge in [0, 0.05) is 6.92 Å². The van der Waals surface area contributed by atoms with E-state index in [2.05, 4.69) is 5.32 Å². The number of nitrogens with one attached hydrogen (secondary N) is 1. The molecule has 0 aromatic heterocycles. The first-order valence-corrected chi connectivity index (χ1v) is 4.55. The minimum atomic E-state index is -1.45. The molecule has 88 valence electrons. The van der Waals surface area contributed by atoms with Gasteiger partial charge in [-0.15, -0.1) is 0 Å². The summed E-state index contributed by atoms with van der Waals surface area (Å²) in [5.41, 5.74) is 0. The van der Waals surface area contributed by atoms with E-state index in [1.165, 1.54) is 6.92 Å². The lowest BCUT2D eigenvalue weighted by Crippen LogP contribution is -2.63. The second kappa shape index (κ2) is 4.86. The molecule has 7 heteroatoms. The highest BCUT2D eigenvalue weighted by molar-refractivity contribution is 5.73. The van der Waals surface area contributed by atoms with Gasteiger partial charge in [-0.05, 0) is 0 Å². The number of carbonyl (C=O) groups excluding carboxylic acids is 1. The van der Waals surface area contributed by atoms with Gasteiger partial charge in [-0.25, -0.2) is 0 Å². The maximum absolute atomic E-state index is 10.7. The van der Waals surface area contributed by atoms with Gasteiger partial charge in [0.1, 0.15) is 24.4 Å². The fraction of sp³-hybridized carbons (Fsp3) is 0.875. The second-order valence-corrected chi connectivity index (χ2v) is 3.46. The molecule has 1 aliphatic heterocycles. The van der Waals surface area contributed by atoms with E-state index in [-0.39, 0.29) is 0 Å². The maximum atomic E-state index is 10.7. The molecule has 1 aliphatic rings. The van der Waals surface area contributed by atoms with Crippen LogP contribution in [-0.2, 0) is 9.53 Å². The molecule has 0 spiro atoms. The van der Waals surface area contributed by atoms with Gasteiger partial charge in [-0.3, -0.25) is 4.79 Å². The summed E-state index contributed by atoms with van der Waals surface area (Å²) in [5, 5.41) is 39.4. The van der Waals surface area contributed by atoms with Gasteiger partial charge in [-0.2, -0.15) is 0 Å². The number of hydrogen-bond donors (Lipinski definition) is 5. The third-order valence-corrected chi connectivity index (χ3v) is 2.27. The molecule has 15 heavy (non-hydrogen) atoms. The Morgan fingerprint density at radius 3 is 2.40 bits per heavy atom. The summed E-state index contributed by atoms with van der Waals surface area (Å²) in [7, 11) is 0. The number of amides is 1. The van der Waals surface area contributed by atoms with Gasteiger partial charge >= 0.3 is 0 Å². The summed E-state index contributed by atoms with van der Waals surface area (Å²) in [6, 6.07) is -1.10. The van der Waals surface area contributed by atoms with Crippen LogP contribution in [0.25, 0.3) is 0 Å². The lowest BCUT2D eigenvalue weighted by atomic mass is 10.7. The van der Waals surface area contributed by atoms with Crippen molar-refractivity contribution in [3.05, 3.63) is 0 Å². The molecule has 0 aromatic rings. The van der Waals surface area contributed by atoms with Crippen LogP contribution < -0.4 is 5.32 Å². The summed E-state index contributed by atoms with van der Waals surface area (Å²) in [4.78, 5) is 10.7. The summed E-state index contributed by atoms with van der Waals surface area (Å²) in [6.07, 6.45) is -5.24. The molecule has 5 atom stereocenters. The van der Waals surface area contributed by atoms with Crippen LogP contribution in [0.2, 0.25) is 0 Å². The minimum absolute atomic E-state index is 0.462. The zero-order valence-electron chi connectivity index (χ0n) is 8.20. The quantitative estimate of drug-likeness (QED) is 0.319. The van der Waals surface area contributed by atoms with Crippen LogP contribution in [0.4, 0.5) is 0 Å². The molecule has 1 saturated heterocycles. The van der Waals surface area contributed by atoms with Gasteiger partial charge in [0.15, 0.2) is 6.29 Å². The highest BCUT2D eigenvalue weighted by atomic mass is 16.8. The van der Waals surface area contributed by atoms with E-state index in [1.54, 1.807) is 0 Å². The van der Waals surface area contributed by atoms with Crippen molar-refractivity contribution in [1.29, 1.82) is 0 Å². The molecule has 0 radical (unpaired) electrons. The minimum Gasteiger partial charge on any atom is -0.394 e. The zero-order valence-corrected chi connectivity index (χ0v) is 8.20. The fourth-order valence-corrected chi connectivity index (χ4v) is 1.49. The highest BCUT2D eigenvalue weighted by Gasteiger charge is 2.43. The van der Waals surface area contributed by atoms with Crippen molar-refractivity contribution in [2.45, 2.75) is 37.6 Å². The number of aliphatic hydroxyl groups excluding tert-OH is 4. The van der Waals surface area contributed by atoms with Crippen LogP contribution in [0.3, 0.4) is 0 Å². The molecule has 0 aromatic carbocycles. The zero-order chi connectivity index (χ0) is 11.6. The summed E-state index contributed by atoms with van der Waals surface area (Å²) < 4.78 is 4.81. The standard InChI is InChI=1S/C8H15NO6/c1-3(11)9-5-7(13)6(12)4(2-10)15-8(5)14/h4-8,10,12-14H,2H2,1H3,(H,9,11)/t4-,5-,6-,7-,8?/m1/s1/i2+1,4+1,5+1,6+1,7+1,8+1. The van der Waals surface area contributed by atoms with E-state index in [0.29, 0.717) is 0 Å². The van der Waals surface area contributed by atoms with E-state index in [9.17, 15) is 20.1 Å². The number of aliphatic hydroxyl groups is 4. The maximum Gasteiger partial charge on any atom is 0.217 e. The molecular formula is C8H15NO6. The molecule has 0 saturated carbocycles. The van der Waals surface area contributed by atoms with Crippen LogP contribution in [0.1, 0.15) is 6.92 Å². The Kier molecular flexibility index (Phi) is 4.00. The molecule has 1 rings (SSSR count). The van der Waals surface area contributed by atoms with Crippen molar-refractivity contribution in [2.75, 3.05) is 6.61 Å². The molecule has 5 N–H and O–H groups in total. The van der Waals surface area contributed by atoms with Crippen molar-refractivity contribution in [3.63, 3.8) is 0 Å². The molecule has 1 unspecified atom stereocenters. The summed E-state index contributed by atoms with van der Waals surface area (Å²) in [5.74, 6) is -0.462. The first-order valence-electron chi connectivity index (χ1n) is 4.55. The Bertz CT molecular complexity index is 235. The monoisotopic (exact) mass is 227 g/mol. The lowest BCUT2D eigenvalue weighted by Gasteiger charge is -2.40. The average molecular weight is 227 g/mol. The Morgan fingerprint density at radius 1 is 1.33 bits per heavy atom. The second-order valence-electron chi connectivity index (χ2n) is 3.46. The van der Waals surface area contributed by atoms with E-state index in [0.717, 1.165) is 0 Å². The molecule has 1 fully saturated rings. The molecule has 7 nitrogen and oxygen atoms in total. The Morgan fingerprint density at radius 2 is 1.93 bits per heavy atom. The topological polar surface area (TPSA) is 119 Å². The van der Waals surface area contributed by atoms with E-state index in [4.69, 9.17) is 9.84 Å². The first-order chi connectivity index (χ1) is 6.97. The largest absolute Gasteiger partial charge is 0.394 e. The van der Waals surface area contributed by atoms with Crippen LogP contribution in [-0.4, -0.2) is 63.6 Å². The fourth-order valence-electron chi connectivity index (χ4n) is 1.49. The summed E-state index contributed by atoms with van der Waals surface area (Å²) in [6.45, 7) is 0.687. The molecular weight excluding hydrogens is 212 g/mol. The number of hydrogen-bond acceptors (Lipinski definition) is 6. The van der Waals surface area contributed by atoms with Crippen molar-refractivity contribution >= 4 is 5.91 Å². The molecule has 0 aliphatic carbocycles. The van der Waals surface area contributed by atoms with Gasteiger partial charge in [0.05, 0.1) is 6.61 Å². The van der Waals surface area contributed by atoms with E-state index >= 15 is 0 Å². The normalized spacial score (nSPS) is 41.3. The summed E-state index contributed by atoms with van der Waals surface area (Å²) >= 11 is 0. The predicted octanol–water partition coefficient (Wildman–Crippen LogP) is -3.08. The van der Waals surface area contributed by atoms with Crippen molar-refractivity contribution < 1.29 is 30.0 Å². The molecule has 0 bridgehead atoms. The number of rotatable bonds is 2. The Balaban J connectivity index is 2.70. The Hall–Kier alpha value is -0.730. The van der Waals surface area contributed by atoms with Crippen LogP contribution in [0, 0.1) is 0 Å². The van der Waals surface area contributed by atoms with Crippen LogP contribution >= 0.6 is 0 Å². The average Bonchev–Trinajstić information content (AvgIpc) is 2.18. The lowest BCUT2D eigenvalue weighted by molar-refractivity contribution is -0.253. The van der Waals surface area contributed by atoms with E-state index in [1.807, 2.05) is 0 Å². The smallest absolute Gasteiger partial charge is 0.217 e. The van der Waals surface area contributed by atoms with Crippen molar-refractivity contribution in [3.8, 4) is 0 Å². The molecule has 1 heterocycles. The highest BCUT2D eigenvalue weighted by Crippen LogP contribution is 2.19.